The molecule has 1 fully saturated rings. The monoisotopic (exact) mass is 746 g/mol. The lowest BCUT2D eigenvalue weighted by atomic mass is 9.79. The first-order chi connectivity index (χ1) is 24.8. The molecule has 14 heteroatoms. The Labute approximate surface area is 308 Å². The number of methoxy groups -OCH3 is 1. The zero-order chi connectivity index (χ0) is 39.2. The molecule has 0 bridgehead atoms. The van der Waals surface area contributed by atoms with Crippen LogP contribution in [0.1, 0.15) is 81.9 Å². The molecule has 4 rings (SSSR count). The summed E-state index contributed by atoms with van der Waals surface area (Å²) >= 11 is 0. The second-order valence-corrected chi connectivity index (χ2v) is 14.8. The van der Waals surface area contributed by atoms with E-state index >= 15 is 0 Å². The smallest absolute Gasteiger partial charge is 0.424 e. The van der Waals surface area contributed by atoms with Crippen molar-refractivity contribution in [3.63, 3.8) is 0 Å². The summed E-state index contributed by atoms with van der Waals surface area (Å²) in [5.74, 6) is -1.94. The molecule has 2 amide bonds. The predicted octanol–water partition coefficient (Wildman–Crippen LogP) is 6.56. The van der Waals surface area contributed by atoms with Gasteiger partial charge in [-0.25, -0.2) is 9.37 Å². The molecule has 10 nitrogen and oxygen atoms in total. The van der Waals surface area contributed by atoms with Crippen molar-refractivity contribution in [1.82, 2.24) is 15.2 Å². The Kier molecular flexibility index (Phi) is 13.0. The molecule has 0 unspecified atom stereocenters. The van der Waals surface area contributed by atoms with Gasteiger partial charge in [0.05, 0.1) is 39.0 Å². The highest BCUT2D eigenvalue weighted by atomic mass is 19.4. The van der Waals surface area contributed by atoms with Gasteiger partial charge in [0.15, 0.2) is 11.5 Å². The first-order valence-corrected chi connectivity index (χ1v) is 17.6. The summed E-state index contributed by atoms with van der Waals surface area (Å²) in [5.41, 5.74) is 0.292. The predicted molar refractivity (Wildman–Crippen MR) is 192 cm³/mol. The number of pyridine rings is 1. The summed E-state index contributed by atoms with van der Waals surface area (Å²) < 4.78 is 75.4. The molecule has 0 spiro atoms. The van der Waals surface area contributed by atoms with Gasteiger partial charge in [-0.05, 0) is 102 Å². The van der Waals surface area contributed by atoms with Crippen molar-refractivity contribution in [1.29, 1.82) is 0 Å². The number of halogens is 4. The number of hydrogen-bond donors (Lipinski definition) is 3. The van der Waals surface area contributed by atoms with Crippen LogP contribution in [0.15, 0.2) is 48.5 Å². The molecule has 1 saturated heterocycles. The van der Waals surface area contributed by atoms with E-state index in [0.717, 1.165) is 37.7 Å². The van der Waals surface area contributed by atoms with Crippen LogP contribution in [0.25, 0.3) is 11.3 Å². The maximum atomic E-state index is 14.8. The third-order valence-electron chi connectivity index (χ3n) is 9.39. The van der Waals surface area contributed by atoms with E-state index in [-0.39, 0.29) is 51.4 Å². The number of primary amides is 1. The van der Waals surface area contributed by atoms with Crippen LogP contribution in [0.3, 0.4) is 0 Å². The van der Waals surface area contributed by atoms with E-state index in [4.69, 9.17) is 19.9 Å². The topological polar surface area (TPSA) is 136 Å². The van der Waals surface area contributed by atoms with Crippen molar-refractivity contribution in [3.05, 3.63) is 71.2 Å². The maximum Gasteiger partial charge on any atom is 0.424 e. The summed E-state index contributed by atoms with van der Waals surface area (Å²) in [7, 11) is 1.39. The molecule has 1 atom stereocenters. The number of benzene rings is 2. The summed E-state index contributed by atoms with van der Waals surface area (Å²) in [4.78, 5) is 31.9. The number of aromatic nitrogens is 1. The number of alkyl halides is 3. The van der Waals surface area contributed by atoms with Crippen LogP contribution in [0, 0.1) is 11.2 Å². The van der Waals surface area contributed by atoms with Gasteiger partial charge in [0.25, 0.3) is 5.91 Å². The minimum atomic E-state index is -5.37. The molecule has 0 aliphatic carbocycles. The molecule has 3 aromatic rings. The fourth-order valence-electron chi connectivity index (χ4n) is 6.91. The number of ether oxygens (including phenoxy) is 3. The van der Waals surface area contributed by atoms with Crippen LogP contribution in [0.4, 0.5) is 17.6 Å². The average Bonchev–Trinajstić information content (AvgIpc) is 3.09. The molecular formula is C39H50F4N4O6. The summed E-state index contributed by atoms with van der Waals surface area (Å²) in [6, 6.07) is 9.79. The summed E-state index contributed by atoms with van der Waals surface area (Å²) in [5, 5.41) is 13.5. The zero-order valence-electron chi connectivity index (χ0n) is 31.2. The van der Waals surface area contributed by atoms with E-state index in [1.54, 1.807) is 6.92 Å². The number of likely N-dealkylation sites (tertiary alicyclic amines) is 1. The molecular weight excluding hydrogens is 696 g/mol. The van der Waals surface area contributed by atoms with Gasteiger partial charge >= 0.3 is 6.18 Å². The van der Waals surface area contributed by atoms with E-state index < -0.39 is 48.1 Å². The Balaban J connectivity index is 1.58. The normalized spacial score (nSPS) is 15.4. The number of amides is 2. The number of carbonyl (C=O) groups excluding carboxylic acids is 2. The van der Waals surface area contributed by atoms with Gasteiger partial charge in [-0.3, -0.25) is 14.5 Å². The fraction of sp³-hybridized carbons (Fsp3) is 0.513. The molecule has 290 valence electrons. The standard InChI is InChI=1S/C39H50F4N4O6/c1-7-52-34-27(21-32(44)48)20-31(46-33(34)25-11-14-28(40)15-12-25)38(50,39(41,42)43)23-45-35(49)26-13-16-29(30(19-26)51-6)53-24-36(2,3)22-37(4,5)47-17-9-8-10-18-47/h11-16,19-20,50H,7-10,17-18,21-24H2,1-6H3,(H2,44,48)(H,45,49)/t38-/m0/s1. The van der Waals surface area contributed by atoms with Crippen molar-refractivity contribution in [2.45, 2.75) is 84.0 Å². The summed E-state index contributed by atoms with van der Waals surface area (Å²) in [6.07, 6.45) is -1.45. The Hall–Kier alpha value is -4.43. The maximum absolute atomic E-state index is 14.8. The largest absolute Gasteiger partial charge is 0.493 e. The lowest BCUT2D eigenvalue weighted by molar-refractivity contribution is -0.265. The van der Waals surface area contributed by atoms with E-state index in [1.807, 2.05) is 0 Å². The Morgan fingerprint density at radius 2 is 1.62 bits per heavy atom. The third-order valence-corrected chi connectivity index (χ3v) is 9.39. The average molecular weight is 747 g/mol. The van der Waals surface area contributed by atoms with Crippen molar-refractivity contribution in [2.24, 2.45) is 11.1 Å². The highest BCUT2D eigenvalue weighted by molar-refractivity contribution is 5.95. The Bertz CT molecular complexity index is 1740. The first kappa shape index (κ1) is 41.3. The molecule has 1 aromatic heterocycles. The van der Waals surface area contributed by atoms with Gasteiger partial charge in [-0.1, -0.05) is 20.3 Å². The second-order valence-electron chi connectivity index (χ2n) is 14.8. The SMILES string of the molecule is CCOc1c(CC(N)=O)cc([C@@](O)(CNC(=O)c2ccc(OCC(C)(C)CC(C)(C)N3CCCCC3)c(OC)c2)C(F)(F)F)nc1-c1ccc(F)cc1. The van der Waals surface area contributed by atoms with Crippen LogP contribution in [0.2, 0.25) is 0 Å². The number of rotatable bonds is 16. The molecule has 0 radical (unpaired) electrons. The Morgan fingerprint density at radius 1 is 0.962 bits per heavy atom. The van der Waals surface area contributed by atoms with Crippen LogP contribution in [0.5, 0.6) is 17.2 Å². The highest BCUT2D eigenvalue weighted by Gasteiger charge is 2.57. The lowest BCUT2D eigenvalue weighted by Crippen LogP contribution is -2.51. The first-order valence-electron chi connectivity index (χ1n) is 17.6. The van der Waals surface area contributed by atoms with Gasteiger partial charge in [-0.15, -0.1) is 0 Å². The lowest BCUT2D eigenvalue weighted by Gasteiger charge is -2.45. The van der Waals surface area contributed by atoms with Gasteiger partial charge in [0.1, 0.15) is 17.3 Å². The van der Waals surface area contributed by atoms with Crippen LogP contribution >= 0.6 is 0 Å². The highest BCUT2D eigenvalue weighted by Crippen LogP contribution is 2.42. The zero-order valence-corrected chi connectivity index (χ0v) is 31.2. The van der Waals surface area contributed by atoms with Gasteiger partial charge in [0.2, 0.25) is 11.5 Å². The van der Waals surface area contributed by atoms with Crippen molar-refractivity contribution >= 4 is 11.8 Å². The third kappa shape index (κ3) is 10.2. The number of nitrogens with two attached hydrogens (primary N) is 1. The number of nitrogens with zero attached hydrogens (tertiary/aromatic N) is 2. The summed E-state index contributed by atoms with van der Waals surface area (Å²) in [6.45, 7) is 11.5. The molecule has 2 aromatic carbocycles. The van der Waals surface area contributed by atoms with E-state index in [0.29, 0.717) is 12.4 Å². The molecule has 0 saturated carbocycles. The quantitative estimate of drug-likeness (QED) is 0.140. The van der Waals surface area contributed by atoms with Gasteiger partial charge in [-0.2, -0.15) is 13.2 Å². The second kappa shape index (κ2) is 16.7. The van der Waals surface area contributed by atoms with E-state index in [1.165, 1.54) is 56.7 Å². The van der Waals surface area contributed by atoms with Crippen LogP contribution in [-0.4, -0.2) is 78.5 Å². The molecule has 2 heterocycles. The molecule has 53 heavy (non-hydrogen) atoms. The fourth-order valence-corrected chi connectivity index (χ4v) is 6.91. The van der Waals surface area contributed by atoms with Gasteiger partial charge in [0, 0.05) is 27.6 Å². The Morgan fingerprint density at radius 3 is 2.21 bits per heavy atom. The number of nitrogens with one attached hydrogen (secondary N) is 1. The van der Waals surface area contributed by atoms with E-state index in [2.05, 4.69) is 42.9 Å². The number of hydrogen-bond acceptors (Lipinski definition) is 8. The molecule has 4 N–H and O–H groups in total. The van der Waals surface area contributed by atoms with Gasteiger partial charge < -0.3 is 30.4 Å². The molecule has 1 aliphatic heterocycles. The van der Waals surface area contributed by atoms with Crippen LogP contribution < -0.4 is 25.3 Å². The number of aliphatic hydroxyl groups is 1. The van der Waals surface area contributed by atoms with Crippen molar-refractivity contribution < 1.29 is 46.5 Å². The van der Waals surface area contributed by atoms with E-state index in [9.17, 15) is 32.3 Å². The molecule has 1 aliphatic rings. The number of piperidine rings is 1. The van der Waals surface area contributed by atoms with Crippen molar-refractivity contribution in [2.75, 3.05) is 40.0 Å². The van der Waals surface area contributed by atoms with Crippen LogP contribution in [-0.2, 0) is 16.8 Å². The van der Waals surface area contributed by atoms with Crippen molar-refractivity contribution in [3.8, 4) is 28.5 Å². The minimum Gasteiger partial charge on any atom is -0.493 e. The minimum absolute atomic E-state index is 0.0373. The number of carbonyl (C=O) groups is 2.